The van der Waals surface area contributed by atoms with Gasteiger partial charge in [-0.1, -0.05) is 23.2 Å². The fraction of sp³-hybridized carbons (Fsp3) is 0.875. The highest BCUT2D eigenvalue weighted by Crippen LogP contribution is 2.23. The van der Waals surface area contributed by atoms with Crippen LogP contribution in [0.25, 0.3) is 0 Å². The van der Waals surface area contributed by atoms with E-state index in [-0.39, 0.29) is 5.91 Å². The van der Waals surface area contributed by atoms with E-state index in [1.807, 2.05) is 7.05 Å². The van der Waals surface area contributed by atoms with Gasteiger partial charge >= 0.3 is 0 Å². The van der Waals surface area contributed by atoms with Crippen LogP contribution in [0.5, 0.6) is 0 Å². The normalized spacial score (nSPS) is 20.5. The van der Waals surface area contributed by atoms with E-state index in [1.165, 1.54) is 6.92 Å². The fourth-order valence-electron chi connectivity index (χ4n) is 1.29. The number of hydrogen-bond donors (Lipinski definition) is 0. The van der Waals surface area contributed by atoms with Gasteiger partial charge in [-0.2, -0.15) is 0 Å². The van der Waals surface area contributed by atoms with E-state index in [9.17, 15) is 4.79 Å². The molecule has 0 aromatic heterocycles. The Morgan fingerprint density at radius 1 is 1.23 bits per heavy atom. The van der Waals surface area contributed by atoms with Crippen molar-refractivity contribution in [2.75, 3.05) is 33.2 Å². The quantitative estimate of drug-likeness (QED) is 0.620. The van der Waals surface area contributed by atoms with Crippen LogP contribution >= 0.6 is 23.2 Å². The number of piperazine rings is 1. The van der Waals surface area contributed by atoms with Crippen LogP contribution in [0.15, 0.2) is 0 Å². The molecule has 0 radical (unpaired) electrons. The van der Waals surface area contributed by atoms with Gasteiger partial charge in [-0.3, -0.25) is 4.79 Å². The topological polar surface area (TPSA) is 23.6 Å². The smallest absolute Gasteiger partial charge is 0.258 e. The molecule has 5 heteroatoms. The molecule has 0 bridgehead atoms. The Morgan fingerprint density at radius 3 is 2.08 bits per heavy atom. The number of likely N-dealkylation sites (N-methyl/N-ethyl adjacent to an activating group) is 1. The molecule has 0 N–H and O–H groups in total. The van der Waals surface area contributed by atoms with Crippen molar-refractivity contribution < 1.29 is 4.79 Å². The molecule has 0 aromatic carbocycles. The van der Waals surface area contributed by atoms with E-state index in [0.29, 0.717) is 13.1 Å². The van der Waals surface area contributed by atoms with Gasteiger partial charge in [0.05, 0.1) is 0 Å². The Morgan fingerprint density at radius 2 is 1.69 bits per heavy atom. The summed E-state index contributed by atoms with van der Waals surface area (Å²) in [5, 5.41) is 0. The number of carbonyl (C=O) groups excluding carboxylic acids is 1. The molecule has 0 atom stereocenters. The van der Waals surface area contributed by atoms with Crippen LogP contribution in [-0.2, 0) is 4.79 Å². The third kappa shape index (κ3) is 3.01. The van der Waals surface area contributed by atoms with Crippen LogP contribution in [0.3, 0.4) is 0 Å². The van der Waals surface area contributed by atoms with Crippen molar-refractivity contribution in [2.45, 2.75) is 11.3 Å². The van der Waals surface area contributed by atoms with Crippen molar-refractivity contribution in [2.24, 2.45) is 0 Å². The van der Waals surface area contributed by atoms with Gasteiger partial charge in [-0.05, 0) is 14.0 Å². The molecular weight excluding hydrogens is 211 g/mol. The number of hydrogen-bond acceptors (Lipinski definition) is 2. The first-order valence-electron chi connectivity index (χ1n) is 4.27. The fourth-order valence-corrected chi connectivity index (χ4v) is 1.53. The molecule has 0 unspecified atom stereocenters. The summed E-state index contributed by atoms with van der Waals surface area (Å²) in [5.74, 6) is -0.191. The number of amides is 1. The molecule has 0 aliphatic carbocycles. The van der Waals surface area contributed by atoms with Crippen molar-refractivity contribution >= 4 is 29.1 Å². The van der Waals surface area contributed by atoms with Gasteiger partial charge < -0.3 is 9.80 Å². The Bertz CT molecular complexity index is 195. The van der Waals surface area contributed by atoms with Gasteiger partial charge in [0.2, 0.25) is 0 Å². The first kappa shape index (κ1) is 11.1. The molecule has 1 aliphatic rings. The summed E-state index contributed by atoms with van der Waals surface area (Å²) in [5.41, 5.74) is 0. The summed E-state index contributed by atoms with van der Waals surface area (Å²) < 4.78 is -1.28. The van der Waals surface area contributed by atoms with Gasteiger partial charge in [0.15, 0.2) is 4.33 Å². The molecular formula is C8H14Cl2N2O. The van der Waals surface area contributed by atoms with Crippen LogP contribution in [0, 0.1) is 0 Å². The first-order valence-corrected chi connectivity index (χ1v) is 5.02. The lowest BCUT2D eigenvalue weighted by atomic mass is 10.3. The van der Waals surface area contributed by atoms with Gasteiger partial charge in [0.1, 0.15) is 0 Å². The molecule has 0 saturated carbocycles. The third-order valence-corrected chi connectivity index (χ3v) is 2.49. The molecule has 0 spiro atoms. The van der Waals surface area contributed by atoms with E-state index < -0.39 is 4.33 Å². The van der Waals surface area contributed by atoms with E-state index in [4.69, 9.17) is 23.2 Å². The van der Waals surface area contributed by atoms with Gasteiger partial charge in [0.25, 0.3) is 5.91 Å². The van der Waals surface area contributed by atoms with E-state index >= 15 is 0 Å². The Kier molecular flexibility index (Phi) is 3.44. The lowest BCUT2D eigenvalue weighted by Crippen LogP contribution is -2.51. The lowest BCUT2D eigenvalue weighted by Gasteiger charge is -2.34. The highest BCUT2D eigenvalue weighted by atomic mass is 35.5. The van der Waals surface area contributed by atoms with E-state index in [2.05, 4.69) is 4.90 Å². The standard InChI is InChI=1S/C8H14Cl2N2O/c1-8(9,10)7(13)12-5-3-11(2)4-6-12/h3-6H2,1-2H3. The second kappa shape index (κ2) is 4.03. The second-order valence-corrected chi connectivity index (χ2v) is 5.19. The predicted molar refractivity (Wildman–Crippen MR) is 54.2 cm³/mol. The first-order chi connectivity index (χ1) is 5.91. The summed E-state index contributed by atoms with van der Waals surface area (Å²) >= 11 is 11.4. The third-order valence-electron chi connectivity index (χ3n) is 2.17. The van der Waals surface area contributed by atoms with Gasteiger partial charge in [0, 0.05) is 26.2 Å². The maximum Gasteiger partial charge on any atom is 0.258 e. The molecule has 3 nitrogen and oxygen atoms in total. The molecule has 1 aliphatic heterocycles. The Hall–Kier alpha value is 0.01000. The molecule has 1 fully saturated rings. The largest absolute Gasteiger partial charge is 0.338 e. The highest BCUT2D eigenvalue weighted by Gasteiger charge is 2.33. The number of carbonyl (C=O) groups is 1. The predicted octanol–water partition coefficient (Wildman–Crippen LogP) is 0.954. The number of nitrogens with zero attached hydrogens (tertiary/aromatic N) is 2. The van der Waals surface area contributed by atoms with Crippen LogP contribution in [0.4, 0.5) is 0 Å². The summed E-state index contributed by atoms with van der Waals surface area (Å²) in [6.07, 6.45) is 0. The Labute approximate surface area is 88.6 Å². The average molecular weight is 225 g/mol. The Balaban J connectivity index is 2.50. The SMILES string of the molecule is CN1CCN(C(=O)C(C)(Cl)Cl)CC1. The number of halogens is 2. The molecule has 1 saturated heterocycles. The average Bonchev–Trinajstić information content (AvgIpc) is 2.03. The van der Waals surface area contributed by atoms with Crippen LogP contribution in [0.1, 0.15) is 6.92 Å². The van der Waals surface area contributed by atoms with Crippen molar-refractivity contribution in [1.29, 1.82) is 0 Å². The minimum Gasteiger partial charge on any atom is -0.338 e. The second-order valence-electron chi connectivity index (χ2n) is 3.48. The maximum atomic E-state index is 11.6. The van der Waals surface area contributed by atoms with Crippen molar-refractivity contribution in [3.05, 3.63) is 0 Å². The minimum absolute atomic E-state index is 0.191. The summed E-state index contributed by atoms with van der Waals surface area (Å²) in [6.45, 7) is 4.71. The zero-order valence-electron chi connectivity index (χ0n) is 7.89. The van der Waals surface area contributed by atoms with Crippen molar-refractivity contribution in [1.82, 2.24) is 9.80 Å². The van der Waals surface area contributed by atoms with Crippen molar-refractivity contribution in [3.63, 3.8) is 0 Å². The maximum absolute atomic E-state index is 11.6. The van der Waals surface area contributed by atoms with Crippen molar-refractivity contribution in [3.8, 4) is 0 Å². The van der Waals surface area contributed by atoms with E-state index in [1.54, 1.807) is 4.90 Å². The lowest BCUT2D eigenvalue weighted by molar-refractivity contribution is -0.133. The number of rotatable bonds is 1. The zero-order valence-corrected chi connectivity index (χ0v) is 9.40. The monoisotopic (exact) mass is 224 g/mol. The molecule has 13 heavy (non-hydrogen) atoms. The van der Waals surface area contributed by atoms with Crippen LogP contribution in [0.2, 0.25) is 0 Å². The number of alkyl halides is 2. The van der Waals surface area contributed by atoms with Crippen LogP contribution < -0.4 is 0 Å². The summed E-state index contributed by atoms with van der Waals surface area (Å²) in [6, 6.07) is 0. The van der Waals surface area contributed by atoms with Gasteiger partial charge in [-0.25, -0.2) is 0 Å². The highest BCUT2D eigenvalue weighted by molar-refractivity contribution is 6.57. The van der Waals surface area contributed by atoms with Gasteiger partial charge in [-0.15, -0.1) is 0 Å². The summed E-state index contributed by atoms with van der Waals surface area (Å²) in [4.78, 5) is 15.4. The summed E-state index contributed by atoms with van der Waals surface area (Å²) in [7, 11) is 2.03. The molecule has 1 amide bonds. The molecule has 0 aromatic rings. The van der Waals surface area contributed by atoms with E-state index in [0.717, 1.165) is 13.1 Å². The molecule has 1 heterocycles. The molecule has 1 rings (SSSR count). The molecule has 76 valence electrons. The van der Waals surface area contributed by atoms with Crippen LogP contribution in [-0.4, -0.2) is 53.3 Å². The zero-order chi connectivity index (χ0) is 10.1. The minimum atomic E-state index is -1.28.